The Morgan fingerprint density at radius 3 is 2.95 bits per heavy atom. The number of aliphatic hydroxyl groups excluding tert-OH is 1. The summed E-state index contributed by atoms with van der Waals surface area (Å²) in [6, 6.07) is 4.16. The molecule has 0 spiro atoms. The van der Waals surface area contributed by atoms with Crippen molar-refractivity contribution in [3.63, 3.8) is 0 Å². The first-order chi connectivity index (χ1) is 9.61. The lowest BCUT2D eigenvalue weighted by atomic mass is 10.1. The van der Waals surface area contributed by atoms with Crippen LogP contribution in [0.3, 0.4) is 0 Å². The standard InChI is InChI=1S/C15H19FN2O2/c1-3-6-18-10-17-8-13(18)9-20-15-5-4-12(16)7-14(15)11(2)19/h4-5,7-8,10-11,19H,3,6,9H2,1-2H3/t11-/m1/s1. The van der Waals surface area contributed by atoms with E-state index in [0.717, 1.165) is 18.7 Å². The SMILES string of the molecule is CCCn1cncc1COc1ccc(F)cc1[C@@H](C)O. The molecule has 2 aromatic rings. The molecule has 0 radical (unpaired) electrons. The molecule has 0 bridgehead atoms. The van der Waals surface area contributed by atoms with E-state index in [2.05, 4.69) is 11.9 Å². The predicted octanol–water partition coefficient (Wildman–Crippen LogP) is 3.06. The van der Waals surface area contributed by atoms with E-state index in [1.54, 1.807) is 19.4 Å². The van der Waals surface area contributed by atoms with Gasteiger partial charge in [0.15, 0.2) is 0 Å². The van der Waals surface area contributed by atoms with E-state index in [1.165, 1.54) is 18.2 Å². The topological polar surface area (TPSA) is 47.3 Å². The predicted molar refractivity (Wildman–Crippen MR) is 73.9 cm³/mol. The van der Waals surface area contributed by atoms with E-state index < -0.39 is 6.10 Å². The van der Waals surface area contributed by atoms with Crippen LogP contribution in [0.15, 0.2) is 30.7 Å². The normalized spacial score (nSPS) is 12.4. The Bertz CT molecular complexity index is 567. The lowest BCUT2D eigenvalue weighted by molar-refractivity contribution is 0.189. The Labute approximate surface area is 117 Å². The molecule has 5 heteroatoms. The third-order valence-electron chi connectivity index (χ3n) is 3.06. The highest BCUT2D eigenvalue weighted by molar-refractivity contribution is 5.35. The zero-order valence-electron chi connectivity index (χ0n) is 11.7. The number of hydrogen-bond acceptors (Lipinski definition) is 3. The molecule has 0 aliphatic carbocycles. The molecule has 1 aromatic heterocycles. The number of hydrogen-bond donors (Lipinski definition) is 1. The second-order valence-corrected chi connectivity index (χ2v) is 4.73. The lowest BCUT2D eigenvalue weighted by Gasteiger charge is -2.14. The van der Waals surface area contributed by atoms with Gasteiger partial charge in [0.05, 0.1) is 24.3 Å². The van der Waals surface area contributed by atoms with Gasteiger partial charge in [-0.3, -0.25) is 0 Å². The van der Waals surface area contributed by atoms with Crippen LogP contribution in [0.1, 0.15) is 37.6 Å². The van der Waals surface area contributed by atoms with Crippen LogP contribution >= 0.6 is 0 Å². The van der Waals surface area contributed by atoms with Crippen molar-refractivity contribution in [1.82, 2.24) is 9.55 Å². The van der Waals surface area contributed by atoms with E-state index in [4.69, 9.17) is 4.74 Å². The smallest absolute Gasteiger partial charge is 0.130 e. The summed E-state index contributed by atoms with van der Waals surface area (Å²) in [7, 11) is 0. The maximum Gasteiger partial charge on any atom is 0.130 e. The van der Waals surface area contributed by atoms with Crippen LogP contribution in [0.5, 0.6) is 5.75 Å². The Kier molecular flexibility index (Phi) is 4.74. The minimum absolute atomic E-state index is 0.339. The number of imidazole rings is 1. The summed E-state index contributed by atoms with van der Waals surface area (Å²) in [5.74, 6) is 0.106. The Morgan fingerprint density at radius 2 is 2.25 bits per heavy atom. The number of rotatable bonds is 6. The van der Waals surface area contributed by atoms with Crippen LogP contribution < -0.4 is 4.74 Å². The molecule has 1 N–H and O–H groups in total. The van der Waals surface area contributed by atoms with E-state index >= 15 is 0 Å². The van der Waals surface area contributed by atoms with Gasteiger partial charge in [0.2, 0.25) is 0 Å². The molecule has 1 heterocycles. The summed E-state index contributed by atoms with van der Waals surface area (Å²) in [5, 5.41) is 9.66. The largest absolute Gasteiger partial charge is 0.487 e. The van der Waals surface area contributed by atoms with E-state index in [9.17, 15) is 9.50 Å². The fourth-order valence-corrected chi connectivity index (χ4v) is 2.04. The molecule has 108 valence electrons. The molecule has 0 amide bonds. The highest BCUT2D eigenvalue weighted by Gasteiger charge is 2.11. The number of halogens is 1. The molecule has 0 aliphatic heterocycles. The van der Waals surface area contributed by atoms with Crippen molar-refractivity contribution in [3.05, 3.63) is 47.8 Å². The van der Waals surface area contributed by atoms with Gasteiger partial charge >= 0.3 is 0 Å². The van der Waals surface area contributed by atoms with Gasteiger partial charge in [0.1, 0.15) is 18.2 Å². The molecule has 4 nitrogen and oxygen atoms in total. The molecule has 0 saturated carbocycles. The van der Waals surface area contributed by atoms with Crippen molar-refractivity contribution in [2.45, 2.75) is 39.5 Å². The fraction of sp³-hybridized carbons (Fsp3) is 0.400. The maximum atomic E-state index is 13.2. The zero-order valence-corrected chi connectivity index (χ0v) is 11.7. The molecular weight excluding hydrogens is 259 g/mol. The number of aliphatic hydroxyl groups is 1. The summed E-state index contributed by atoms with van der Waals surface area (Å²) in [6.45, 7) is 4.90. The van der Waals surface area contributed by atoms with Gasteiger partial charge in [-0.1, -0.05) is 6.92 Å². The van der Waals surface area contributed by atoms with Crippen LogP contribution in [0.4, 0.5) is 4.39 Å². The first-order valence-corrected chi connectivity index (χ1v) is 6.71. The molecule has 0 aliphatic rings. The second kappa shape index (κ2) is 6.52. The van der Waals surface area contributed by atoms with Gasteiger partial charge in [0.25, 0.3) is 0 Å². The molecule has 0 saturated heterocycles. The third-order valence-corrected chi connectivity index (χ3v) is 3.06. The van der Waals surface area contributed by atoms with Crippen molar-refractivity contribution < 1.29 is 14.2 Å². The summed E-state index contributed by atoms with van der Waals surface area (Å²) in [6.07, 6.45) is 3.75. The lowest BCUT2D eigenvalue weighted by Crippen LogP contribution is -2.06. The molecule has 1 aromatic carbocycles. The maximum absolute atomic E-state index is 13.2. The van der Waals surface area contributed by atoms with Crippen LogP contribution in [-0.2, 0) is 13.2 Å². The van der Waals surface area contributed by atoms with E-state index in [-0.39, 0.29) is 5.82 Å². The summed E-state index contributed by atoms with van der Waals surface area (Å²) in [5.41, 5.74) is 1.40. The number of benzene rings is 1. The number of ether oxygens (including phenoxy) is 1. The van der Waals surface area contributed by atoms with Crippen molar-refractivity contribution in [3.8, 4) is 5.75 Å². The summed E-state index contributed by atoms with van der Waals surface area (Å²) in [4.78, 5) is 4.10. The summed E-state index contributed by atoms with van der Waals surface area (Å²) >= 11 is 0. The highest BCUT2D eigenvalue weighted by atomic mass is 19.1. The third kappa shape index (κ3) is 3.36. The number of aromatic nitrogens is 2. The van der Waals surface area contributed by atoms with Crippen molar-refractivity contribution in [2.24, 2.45) is 0 Å². The van der Waals surface area contributed by atoms with Crippen LogP contribution in [0, 0.1) is 5.82 Å². The monoisotopic (exact) mass is 278 g/mol. The quantitative estimate of drug-likeness (QED) is 0.883. The molecular formula is C15H19FN2O2. The average molecular weight is 278 g/mol. The summed E-state index contributed by atoms with van der Waals surface area (Å²) < 4.78 is 20.9. The van der Waals surface area contributed by atoms with Gasteiger partial charge < -0.3 is 14.4 Å². The highest BCUT2D eigenvalue weighted by Crippen LogP contribution is 2.26. The molecule has 20 heavy (non-hydrogen) atoms. The van der Waals surface area contributed by atoms with E-state index in [0.29, 0.717) is 17.9 Å². The minimum Gasteiger partial charge on any atom is -0.487 e. The molecule has 0 unspecified atom stereocenters. The Morgan fingerprint density at radius 1 is 1.45 bits per heavy atom. The van der Waals surface area contributed by atoms with Crippen LogP contribution in [0.25, 0.3) is 0 Å². The molecule has 0 fully saturated rings. The Hall–Kier alpha value is -1.88. The van der Waals surface area contributed by atoms with E-state index in [1.807, 2.05) is 4.57 Å². The first kappa shape index (κ1) is 14.5. The van der Waals surface area contributed by atoms with Gasteiger partial charge in [-0.25, -0.2) is 9.37 Å². The van der Waals surface area contributed by atoms with Crippen LogP contribution in [0.2, 0.25) is 0 Å². The van der Waals surface area contributed by atoms with Gasteiger partial charge in [-0.2, -0.15) is 0 Å². The van der Waals surface area contributed by atoms with Gasteiger partial charge in [-0.15, -0.1) is 0 Å². The van der Waals surface area contributed by atoms with Crippen molar-refractivity contribution in [2.75, 3.05) is 0 Å². The van der Waals surface area contributed by atoms with Crippen LogP contribution in [-0.4, -0.2) is 14.7 Å². The fourth-order valence-electron chi connectivity index (χ4n) is 2.04. The number of nitrogens with zero attached hydrogens (tertiary/aromatic N) is 2. The first-order valence-electron chi connectivity index (χ1n) is 6.71. The van der Waals surface area contributed by atoms with Gasteiger partial charge in [-0.05, 0) is 31.5 Å². The minimum atomic E-state index is -0.777. The zero-order chi connectivity index (χ0) is 14.5. The average Bonchev–Trinajstić information content (AvgIpc) is 2.85. The van der Waals surface area contributed by atoms with Gasteiger partial charge in [0, 0.05) is 12.1 Å². The van der Waals surface area contributed by atoms with Crippen molar-refractivity contribution in [1.29, 1.82) is 0 Å². The van der Waals surface area contributed by atoms with Crippen molar-refractivity contribution >= 4 is 0 Å². The Balaban J connectivity index is 2.12. The molecule has 1 atom stereocenters. The second-order valence-electron chi connectivity index (χ2n) is 4.73. The number of aryl methyl sites for hydroxylation is 1. The molecule has 2 rings (SSSR count).